The van der Waals surface area contributed by atoms with Crippen LogP contribution >= 0.6 is 0 Å². The molecule has 2 aliphatic rings. The smallest absolute Gasteiger partial charge is 0.410 e. The molecule has 1 unspecified atom stereocenters. The number of rotatable bonds is 15. The molecule has 0 aromatic heterocycles. The Morgan fingerprint density at radius 2 is 2.00 bits per heavy atom. The van der Waals surface area contributed by atoms with Gasteiger partial charge < -0.3 is 15.0 Å². The summed E-state index contributed by atoms with van der Waals surface area (Å²) >= 11 is 0. The molecular formula is C31H53FN4O3. The summed E-state index contributed by atoms with van der Waals surface area (Å²) < 4.78 is 18.0. The van der Waals surface area contributed by atoms with Gasteiger partial charge in [-0.3, -0.25) is 9.69 Å². The molecule has 2 heterocycles. The minimum absolute atomic E-state index is 0.00936. The topological polar surface area (TPSA) is 74.2 Å². The highest BCUT2D eigenvalue weighted by molar-refractivity contribution is 6.05. The number of unbranched alkanes of at least 4 members (excludes halogenated alkanes) is 2. The van der Waals surface area contributed by atoms with Crippen molar-refractivity contribution < 1.29 is 18.7 Å². The Kier molecular flexibility index (Phi) is 14.4. The molecule has 39 heavy (non-hydrogen) atoms. The zero-order valence-electron chi connectivity index (χ0n) is 25.2. The first-order valence-electron chi connectivity index (χ1n) is 15.0. The van der Waals surface area contributed by atoms with Gasteiger partial charge in [0.05, 0.1) is 5.41 Å². The maximum absolute atomic E-state index is 12.9. The molecule has 0 radical (unpaired) electrons. The van der Waals surface area contributed by atoms with E-state index in [0.717, 1.165) is 64.1 Å². The molecule has 1 saturated heterocycles. The lowest BCUT2D eigenvalue weighted by molar-refractivity contribution is -0.126. The van der Waals surface area contributed by atoms with Gasteiger partial charge in [-0.1, -0.05) is 50.5 Å². The molecule has 1 N–H and O–H groups in total. The summed E-state index contributed by atoms with van der Waals surface area (Å²) in [6, 6.07) is 0. The average Bonchev–Trinajstić information content (AvgIpc) is 3.03. The normalized spacial score (nSPS) is 20.8. The lowest BCUT2D eigenvalue weighted by atomic mass is 9.77. The van der Waals surface area contributed by atoms with Crippen LogP contribution in [0, 0.1) is 5.41 Å². The van der Waals surface area contributed by atoms with Crippen LogP contribution in [0.2, 0.25) is 0 Å². The number of alkyl halides is 1. The van der Waals surface area contributed by atoms with Crippen LogP contribution in [0.25, 0.3) is 0 Å². The highest BCUT2D eigenvalue weighted by atomic mass is 19.1. The van der Waals surface area contributed by atoms with Crippen LogP contribution < -0.4 is 5.32 Å². The van der Waals surface area contributed by atoms with E-state index in [-0.39, 0.29) is 12.0 Å². The first kappa shape index (κ1) is 33.1. The number of hydrogen-bond donors (Lipinski definition) is 1. The van der Waals surface area contributed by atoms with E-state index in [1.165, 1.54) is 24.8 Å². The van der Waals surface area contributed by atoms with Crippen LogP contribution in [-0.2, 0) is 9.53 Å². The van der Waals surface area contributed by atoms with Crippen LogP contribution in [0.4, 0.5) is 9.18 Å². The van der Waals surface area contributed by atoms with Crippen molar-refractivity contribution in [3.05, 3.63) is 23.8 Å². The monoisotopic (exact) mass is 548 g/mol. The van der Waals surface area contributed by atoms with E-state index >= 15 is 0 Å². The minimum atomic E-state index is -0.525. The van der Waals surface area contributed by atoms with E-state index in [1.54, 1.807) is 11.0 Å². The van der Waals surface area contributed by atoms with Crippen molar-refractivity contribution in [1.29, 1.82) is 0 Å². The van der Waals surface area contributed by atoms with Gasteiger partial charge in [-0.25, -0.2) is 14.2 Å². The van der Waals surface area contributed by atoms with E-state index in [4.69, 9.17) is 4.74 Å². The summed E-state index contributed by atoms with van der Waals surface area (Å²) in [5.74, 6) is -0.00936. The Labute approximate surface area is 236 Å². The second kappa shape index (κ2) is 16.9. The summed E-state index contributed by atoms with van der Waals surface area (Å²) in [7, 11) is 0. The first-order valence-corrected chi connectivity index (χ1v) is 15.0. The zero-order valence-corrected chi connectivity index (χ0v) is 25.2. The van der Waals surface area contributed by atoms with Crippen LogP contribution in [0.3, 0.4) is 0 Å². The number of carbonyl (C=O) groups is 2. The van der Waals surface area contributed by atoms with E-state index in [9.17, 15) is 14.0 Å². The summed E-state index contributed by atoms with van der Waals surface area (Å²) in [6.45, 7) is 15.2. The van der Waals surface area contributed by atoms with Gasteiger partial charge in [0.25, 0.3) is 5.91 Å². The molecule has 8 heteroatoms. The third-order valence-electron chi connectivity index (χ3n) is 7.58. The van der Waals surface area contributed by atoms with Gasteiger partial charge in [-0.05, 0) is 65.8 Å². The number of halogens is 1. The van der Waals surface area contributed by atoms with Gasteiger partial charge in [-0.15, -0.1) is 0 Å². The van der Waals surface area contributed by atoms with Crippen molar-refractivity contribution in [2.75, 3.05) is 52.5 Å². The molecule has 2 amide bonds. The predicted molar refractivity (Wildman–Crippen MR) is 158 cm³/mol. The summed E-state index contributed by atoms with van der Waals surface area (Å²) in [5.41, 5.74) is 1.35. The predicted octanol–water partition coefficient (Wildman–Crippen LogP) is 6.10. The van der Waals surface area contributed by atoms with Crippen molar-refractivity contribution in [1.82, 2.24) is 15.1 Å². The molecule has 0 aromatic carbocycles. The van der Waals surface area contributed by atoms with Gasteiger partial charge in [0, 0.05) is 51.4 Å². The number of amides is 2. The molecule has 2 rings (SSSR count). The summed E-state index contributed by atoms with van der Waals surface area (Å²) in [6.07, 6.45) is 13.5. The minimum Gasteiger partial charge on any atom is -0.444 e. The number of ether oxygens (including phenoxy) is 1. The van der Waals surface area contributed by atoms with Crippen LogP contribution in [0.15, 0.2) is 28.8 Å². The Balaban J connectivity index is 1.76. The van der Waals surface area contributed by atoms with Gasteiger partial charge >= 0.3 is 6.09 Å². The lowest BCUT2D eigenvalue weighted by Crippen LogP contribution is -2.38. The molecule has 1 fully saturated rings. The average molecular weight is 549 g/mol. The molecule has 0 aliphatic carbocycles. The maximum Gasteiger partial charge on any atom is 0.410 e. The van der Waals surface area contributed by atoms with Gasteiger partial charge in [0.2, 0.25) is 0 Å². The van der Waals surface area contributed by atoms with E-state index in [1.807, 2.05) is 26.8 Å². The second-order valence-corrected chi connectivity index (χ2v) is 12.0. The van der Waals surface area contributed by atoms with Gasteiger partial charge in [-0.2, -0.15) is 0 Å². The van der Waals surface area contributed by atoms with E-state index in [2.05, 4.69) is 35.1 Å². The fraction of sp³-hybridized carbons (Fsp3) is 0.774. The quantitative estimate of drug-likeness (QED) is 0.198. The van der Waals surface area contributed by atoms with Crippen molar-refractivity contribution in [2.24, 2.45) is 10.4 Å². The van der Waals surface area contributed by atoms with E-state index in [0.29, 0.717) is 25.9 Å². The highest BCUT2D eigenvalue weighted by Crippen LogP contribution is 2.41. The molecule has 222 valence electrons. The van der Waals surface area contributed by atoms with Crippen LogP contribution in [0.1, 0.15) is 92.4 Å². The molecule has 0 bridgehead atoms. The Bertz CT molecular complexity index is 864. The number of likely N-dealkylation sites (tertiary alicyclic amines) is 1. The highest BCUT2D eigenvalue weighted by Gasteiger charge is 2.45. The number of aliphatic imine (C=N–C) groups is 1. The number of likely N-dealkylation sites (N-methyl/N-ethyl adjacent to an activating group) is 1. The molecule has 0 aromatic rings. The summed E-state index contributed by atoms with van der Waals surface area (Å²) in [5, 5.41) is 3.53. The Hall–Kier alpha value is -2.06. The molecule has 7 nitrogen and oxygen atoms in total. The number of hydrogen-bond acceptors (Lipinski definition) is 5. The lowest BCUT2D eigenvalue weighted by Gasteiger charge is -2.27. The molecule has 1 atom stereocenters. The van der Waals surface area contributed by atoms with Crippen molar-refractivity contribution in [3.63, 3.8) is 0 Å². The van der Waals surface area contributed by atoms with Crippen molar-refractivity contribution >= 4 is 17.7 Å². The SMILES string of the molecule is CCCCC/C(=C\C=C\CF)CN(CC)CCNCCC1=NC(=O)C2(CCCN(C(=O)OC(C)(C)C)CC2)C1. The molecule has 1 spiro atoms. The largest absolute Gasteiger partial charge is 0.444 e. The third kappa shape index (κ3) is 11.9. The standard InChI is InChI=1S/C31H53FN4O3/c1-6-8-9-13-26(14-10-11-18-32)25-35(7-2)23-20-33-19-15-27-24-31(28(37)34-27)16-12-21-36(22-17-31)29(38)39-30(3,4)5/h10-11,14,33H,6-9,12-13,15-25H2,1-5H3/b11-10+,26-14+. The van der Waals surface area contributed by atoms with Crippen molar-refractivity contribution in [3.8, 4) is 0 Å². The fourth-order valence-corrected chi connectivity index (χ4v) is 5.31. The number of allylic oxidation sites excluding steroid dienone is 3. The van der Waals surface area contributed by atoms with Crippen molar-refractivity contribution in [2.45, 2.75) is 98.0 Å². The molecule has 2 aliphatic heterocycles. The Morgan fingerprint density at radius 1 is 1.21 bits per heavy atom. The molecular weight excluding hydrogens is 495 g/mol. The number of nitrogens with one attached hydrogen (secondary N) is 1. The summed E-state index contributed by atoms with van der Waals surface area (Å²) in [4.78, 5) is 34.1. The first-order chi connectivity index (χ1) is 18.6. The third-order valence-corrected chi connectivity index (χ3v) is 7.58. The fourth-order valence-electron chi connectivity index (χ4n) is 5.31. The second-order valence-electron chi connectivity index (χ2n) is 12.0. The number of carbonyl (C=O) groups excluding carboxylic acids is 2. The Morgan fingerprint density at radius 3 is 2.69 bits per heavy atom. The van der Waals surface area contributed by atoms with Gasteiger partial charge in [0.15, 0.2) is 0 Å². The number of nitrogens with zero attached hydrogens (tertiary/aromatic N) is 3. The zero-order chi connectivity index (χ0) is 28.7. The maximum atomic E-state index is 12.9. The van der Waals surface area contributed by atoms with Gasteiger partial charge in [0.1, 0.15) is 12.3 Å². The van der Waals surface area contributed by atoms with Crippen LogP contribution in [0.5, 0.6) is 0 Å². The van der Waals surface area contributed by atoms with E-state index < -0.39 is 17.7 Å². The molecule has 0 saturated carbocycles. The van der Waals surface area contributed by atoms with Crippen LogP contribution in [-0.4, -0.2) is 85.6 Å².